The molecule has 0 unspecified atom stereocenters. The van der Waals surface area contributed by atoms with E-state index in [1.54, 1.807) is 0 Å². The monoisotopic (exact) mass is 468 g/mol. The summed E-state index contributed by atoms with van der Waals surface area (Å²) >= 11 is 0. The van der Waals surface area contributed by atoms with Gasteiger partial charge in [-0.25, -0.2) is 0 Å². The molecule has 4 aromatic rings. The Morgan fingerprint density at radius 1 is 0.500 bits per heavy atom. The highest BCUT2D eigenvalue weighted by Crippen LogP contribution is 2.21. The van der Waals surface area contributed by atoms with Crippen molar-refractivity contribution in [2.75, 3.05) is 0 Å². The van der Waals surface area contributed by atoms with Gasteiger partial charge in [0.2, 0.25) is 0 Å². The first-order chi connectivity index (χ1) is 16.3. The lowest BCUT2D eigenvalue weighted by atomic mass is 10.00. The third-order valence-electron chi connectivity index (χ3n) is 6.01. The summed E-state index contributed by atoms with van der Waals surface area (Å²) in [4.78, 5) is 0. The standard InChI is InChI=1S/C20H26O.C12H11P/c1-13-7-15(3)19(16(4)8-13)11-21-12-20-17(5)9-14(2)10-18(20)6;1-3-7-11(8-4-1)13-12-9-5-2-6-10-12/h7-10H,11-12H2,1-6H3;1-10,13H. The molecule has 0 bridgehead atoms. The first-order valence-corrected chi connectivity index (χ1v) is 12.9. The number of hydrogen-bond donors (Lipinski definition) is 0. The van der Waals surface area contributed by atoms with Crippen LogP contribution in [0.2, 0.25) is 0 Å². The molecule has 4 aromatic carbocycles. The van der Waals surface area contributed by atoms with Crippen molar-refractivity contribution >= 4 is 19.2 Å². The molecule has 0 atom stereocenters. The van der Waals surface area contributed by atoms with Gasteiger partial charge >= 0.3 is 0 Å². The molecule has 1 nitrogen and oxygen atoms in total. The van der Waals surface area contributed by atoms with Crippen LogP contribution in [-0.2, 0) is 18.0 Å². The third kappa shape index (κ3) is 7.66. The van der Waals surface area contributed by atoms with E-state index in [-0.39, 0.29) is 0 Å². The fourth-order valence-electron chi connectivity index (χ4n) is 4.34. The Balaban J connectivity index is 0.000000212. The second kappa shape index (κ2) is 12.7. The van der Waals surface area contributed by atoms with Crippen LogP contribution in [0.4, 0.5) is 0 Å². The van der Waals surface area contributed by atoms with E-state index >= 15 is 0 Å². The topological polar surface area (TPSA) is 9.23 Å². The number of rotatable bonds is 6. The summed E-state index contributed by atoms with van der Waals surface area (Å²) in [5, 5.41) is 2.79. The lowest BCUT2D eigenvalue weighted by Gasteiger charge is -2.14. The van der Waals surface area contributed by atoms with Crippen molar-refractivity contribution in [2.45, 2.75) is 54.8 Å². The normalized spacial score (nSPS) is 10.5. The van der Waals surface area contributed by atoms with E-state index in [0.29, 0.717) is 13.2 Å². The molecule has 0 aromatic heterocycles. The Morgan fingerprint density at radius 3 is 1.15 bits per heavy atom. The van der Waals surface area contributed by atoms with Gasteiger partial charge in [0.05, 0.1) is 13.2 Å². The highest BCUT2D eigenvalue weighted by Gasteiger charge is 2.07. The second-order valence-electron chi connectivity index (χ2n) is 9.10. The van der Waals surface area contributed by atoms with Crippen molar-refractivity contribution in [2.24, 2.45) is 0 Å². The molecule has 4 rings (SSSR count). The van der Waals surface area contributed by atoms with Crippen LogP contribution in [0.1, 0.15) is 44.5 Å². The van der Waals surface area contributed by atoms with Crippen LogP contribution in [0, 0.1) is 41.5 Å². The molecule has 0 aliphatic heterocycles. The largest absolute Gasteiger partial charge is 0.372 e. The summed E-state index contributed by atoms with van der Waals surface area (Å²) in [5.74, 6) is 0. The van der Waals surface area contributed by atoms with E-state index < -0.39 is 0 Å². The van der Waals surface area contributed by atoms with E-state index in [2.05, 4.69) is 126 Å². The molecular weight excluding hydrogens is 431 g/mol. The highest BCUT2D eigenvalue weighted by atomic mass is 31.1. The van der Waals surface area contributed by atoms with E-state index in [4.69, 9.17) is 4.74 Å². The fraction of sp³-hybridized carbons (Fsp3) is 0.250. The smallest absolute Gasteiger partial charge is 0.0726 e. The van der Waals surface area contributed by atoms with Gasteiger partial charge in [0.15, 0.2) is 0 Å². The van der Waals surface area contributed by atoms with Gasteiger partial charge in [-0.2, -0.15) is 0 Å². The molecule has 0 amide bonds. The maximum Gasteiger partial charge on any atom is 0.0726 e. The summed E-state index contributed by atoms with van der Waals surface area (Å²) in [7, 11) is 0.777. The number of benzene rings is 4. The third-order valence-corrected chi connectivity index (χ3v) is 7.25. The highest BCUT2D eigenvalue weighted by molar-refractivity contribution is 7.55. The molecule has 2 heteroatoms. The van der Waals surface area contributed by atoms with Gasteiger partial charge in [-0.05, 0) is 85.5 Å². The van der Waals surface area contributed by atoms with Crippen LogP contribution in [0.25, 0.3) is 0 Å². The van der Waals surface area contributed by atoms with Crippen molar-refractivity contribution in [3.63, 3.8) is 0 Å². The number of aryl methyl sites for hydroxylation is 6. The van der Waals surface area contributed by atoms with E-state index in [1.807, 2.05) is 0 Å². The number of ether oxygens (including phenoxy) is 1. The van der Waals surface area contributed by atoms with Gasteiger partial charge in [-0.3, -0.25) is 0 Å². The number of hydrogen-bond acceptors (Lipinski definition) is 1. The minimum absolute atomic E-state index is 0.685. The van der Waals surface area contributed by atoms with Crippen LogP contribution >= 0.6 is 8.58 Å². The van der Waals surface area contributed by atoms with Gasteiger partial charge in [0.1, 0.15) is 0 Å². The molecule has 0 aliphatic carbocycles. The molecule has 0 saturated heterocycles. The van der Waals surface area contributed by atoms with E-state index in [9.17, 15) is 0 Å². The summed E-state index contributed by atoms with van der Waals surface area (Å²) in [6.45, 7) is 14.3. The molecule has 0 heterocycles. The van der Waals surface area contributed by atoms with Crippen molar-refractivity contribution in [1.82, 2.24) is 0 Å². The quantitative estimate of drug-likeness (QED) is 0.265. The van der Waals surface area contributed by atoms with Crippen molar-refractivity contribution in [3.8, 4) is 0 Å². The molecule has 0 N–H and O–H groups in total. The molecule has 0 saturated carbocycles. The molecule has 0 spiro atoms. The molecule has 0 aliphatic rings. The minimum Gasteiger partial charge on any atom is -0.372 e. The summed E-state index contributed by atoms with van der Waals surface area (Å²) in [6.07, 6.45) is 0. The summed E-state index contributed by atoms with van der Waals surface area (Å²) < 4.78 is 6.01. The average Bonchev–Trinajstić information content (AvgIpc) is 2.79. The molecule has 0 fully saturated rings. The predicted octanol–water partition coefficient (Wildman–Crippen LogP) is 7.57. The molecule has 176 valence electrons. The average molecular weight is 469 g/mol. The Bertz CT molecular complexity index is 1060. The minimum atomic E-state index is 0.685. The first-order valence-electron chi connectivity index (χ1n) is 11.9. The maximum atomic E-state index is 6.01. The zero-order chi connectivity index (χ0) is 24.5. The van der Waals surface area contributed by atoms with Crippen LogP contribution in [0.15, 0.2) is 84.9 Å². The van der Waals surface area contributed by atoms with Crippen molar-refractivity contribution < 1.29 is 4.74 Å². The molecule has 0 radical (unpaired) electrons. The van der Waals surface area contributed by atoms with E-state index in [0.717, 1.165) is 8.58 Å². The van der Waals surface area contributed by atoms with E-state index in [1.165, 1.54) is 55.1 Å². The van der Waals surface area contributed by atoms with Crippen LogP contribution in [-0.4, -0.2) is 0 Å². The van der Waals surface area contributed by atoms with Crippen LogP contribution < -0.4 is 10.6 Å². The Hall–Kier alpha value is -2.73. The lowest BCUT2D eigenvalue weighted by Crippen LogP contribution is -2.02. The van der Waals surface area contributed by atoms with Gasteiger partial charge < -0.3 is 4.74 Å². The van der Waals surface area contributed by atoms with Gasteiger partial charge in [0, 0.05) is 0 Å². The predicted molar refractivity (Wildman–Crippen MR) is 150 cm³/mol. The Kier molecular flexibility index (Phi) is 9.63. The lowest BCUT2D eigenvalue weighted by molar-refractivity contribution is 0.105. The maximum absolute atomic E-state index is 6.01. The zero-order valence-electron chi connectivity index (χ0n) is 21.4. The van der Waals surface area contributed by atoms with Gasteiger partial charge in [-0.15, -0.1) is 0 Å². The molecule has 34 heavy (non-hydrogen) atoms. The molecular formula is C32H37OP. The van der Waals surface area contributed by atoms with Crippen LogP contribution in [0.3, 0.4) is 0 Å². The van der Waals surface area contributed by atoms with Crippen molar-refractivity contribution in [1.29, 1.82) is 0 Å². The second-order valence-corrected chi connectivity index (χ2v) is 10.5. The first kappa shape index (κ1) is 25.9. The SMILES string of the molecule is Cc1cc(C)c(COCc2c(C)cc(C)cc2C)c(C)c1.c1ccc(Pc2ccccc2)cc1. The summed E-state index contributed by atoms with van der Waals surface area (Å²) in [6, 6.07) is 30.1. The summed E-state index contributed by atoms with van der Waals surface area (Å²) in [5.41, 5.74) is 10.6. The Morgan fingerprint density at radius 2 is 0.824 bits per heavy atom. The fourth-order valence-corrected chi connectivity index (χ4v) is 5.39. The van der Waals surface area contributed by atoms with Gasteiger partial charge in [0.25, 0.3) is 0 Å². The van der Waals surface area contributed by atoms with Crippen molar-refractivity contribution in [3.05, 3.63) is 129 Å². The van der Waals surface area contributed by atoms with Gasteiger partial charge in [-0.1, -0.05) is 105 Å². The van der Waals surface area contributed by atoms with Crippen LogP contribution in [0.5, 0.6) is 0 Å². The zero-order valence-corrected chi connectivity index (χ0v) is 22.4. The Labute approximate surface area is 208 Å².